The largest absolute Gasteiger partial charge is 0.330 e. The number of halogens is 2. The predicted octanol–water partition coefficient (Wildman–Crippen LogP) is 2.75. The van der Waals surface area contributed by atoms with Crippen LogP contribution in [0.2, 0.25) is 0 Å². The highest BCUT2D eigenvalue weighted by atomic mass is 35.5. The lowest BCUT2D eigenvalue weighted by Crippen LogP contribution is -2.40. The Balaban J connectivity index is 0.00000140. The van der Waals surface area contributed by atoms with E-state index in [1.807, 2.05) is 33.7 Å². The third kappa shape index (κ3) is 4.98. The molecule has 1 atom stereocenters. The molecule has 0 spiro atoms. The Bertz CT molecular complexity index is 847. The van der Waals surface area contributed by atoms with Gasteiger partial charge in [0.1, 0.15) is 17.7 Å². The van der Waals surface area contributed by atoms with Crippen LogP contribution in [0.4, 0.5) is 0 Å². The van der Waals surface area contributed by atoms with E-state index >= 15 is 0 Å². The lowest BCUT2D eigenvalue weighted by atomic mass is 10.1. The molecule has 0 saturated carbocycles. The monoisotopic (exact) mass is 422 g/mol. The van der Waals surface area contributed by atoms with Crippen molar-refractivity contribution in [3.63, 3.8) is 0 Å². The van der Waals surface area contributed by atoms with Crippen LogP contribution >= 0.6 is 24.8 Å². The van der Waals surface area contributed by atoms with Gasteiger partial charge in [-0.25, -0.2) is 15.0 Å². The smallest absolute Gasteiger partial charge is 0.274 e. The zero-order valence-corrected chi connectivity index (χ0v) is 17.0. The molecule has 4 rings (SSSR count). The van der Waals surface area contributed by atoms with Gasteiger partial charge in [0.25, 0.3) is 5.91 Å². The number of rotatable bonds is 4. The highest BCUT2D eigenvalue weighted by Crippen LogP contribution is 2.19. The molecule has 0 bridgehead atoms. The zero-order chi connectivity index (χ0) is 17.8. The summed E-state index contributed by atoms with van der Waals surface area (Å²) in [6.45, 7) is 2.42. The summed E-state index contributed by atoms with van der Waals surface area (Å²) < 4.78 is 1.88. The van der Waals surface area contributed by atoms with Crippen LogP contribution in [0.25, 0.3) is 5.65 Å². The van der Waals surface area contributed by atoms with E-state index in [0.717, 1.165) is 43.6 Å². The number of nitrogens with zero attached hydrogens (tertiary/aromatic N) is 5. The molecule has 9 heteroatoms. The highest BCUT2D eigenvalue weighted by molar-refractivity contribution is 5.93. The Hall–Kier alpha value is -2.22. The number of carbonyl (C=O) groups is 1. The van der Waals surface area contributed by atoms with Crippen LogP contribution in [0.5, 0.6) is 0 Å². The maximum Gasteiger partial charge on any atom is 0.274 e. The number of pyridine rings is 1. The topological polar surface area (TPSA) is 75.4 Å². The molecule has 4 heterocycles. The van der Waals surface area contributed by atoms with Crippen molar-refractivity contribution in [2.24, 2.45) is 0 Å². The minimum Gasteiger partial charge on any atom is -0.330 e. The number of amides is 1. The summed E-state index contributed by atoms with van der Waals surface area (Å²) in [5.41, 5.74) is 2.19. The van der Waals surface area contributed by atoms with Gasteiger partial charge in [-0.2, -0.15) is 0 Å². The molecule has 1 fully saturated rings. The van der Waals surface area contributed by atoms with Crippen LogP contribution < -0.4 is 5.32 Å². The van der Waals surface area contributed by atoms with Crippen molar-refractivity contribution in [3.05, 3.63) is 60.6 Å². The van der Waals surface area contributed by atoms with E-state index < -0.39 is 0 Å². The number of carbonyl (C=O) groups excluding carboxylic acids is 1. The van der Waals surface area contributed by atoms with Crippen molar-refractivity contribution in [1.29, 1.82) is 0 Å². The van der Waals surface area contributed by atoms with Crippen molar-refractivity contribution < 1.29 is 4.79 Å². The minimum absolute atomic E-state index is 0. The molecule has 3 aromatic heterocycles. The first-order chi connectivity index (χ1) is 12.8. The summed E-state index contributed by atoms with van der Waals surface area (Å²) in [5, 5.41) is 3.41. The number of hydrogen-bond donors (Lipinski definition) is 1. The summed E-state index contributed by atoms with van der Waals surface area (Å²) in [7, 11) is 0. The summed E-state index contributed by atoms with van der Waals surface area (Å²) in [6, 6.07) is 5.94. The molecule has 1 aliphatic rings. The van der Waals surface area contributed by atoms with E-state index in [1.165, 1.54) is 6.33 Å². The lowest BCUT2D eigenvalue weighted by Gasteiger charge is -2.30. The van der Waals surface area contributed by atoms with Crippen LogP contribution in [0.1, 0.15) is 35.3 Å². The van der Waals surface area contributed by atoms with Gasteiger partial charge >= 0.3 is 0 Å². The van der Waals surface area contributed by atoms with E-state index in [4.69, 9.17) is 0 Å². The minimum atomic E-state index is -0.0375. The van der Waals surface area contributed by atoms with Crippen molar-refractivity contribution in [1.82, 2.24) is 29.6 Å². The van der Waals surface area contributed by atoms with E-state index in [9.17, 15) is 4.79 Å². The van der Waals surface area contributed by atoms with Crippen LogP contribution in [-0.4, -0.2) is 49.3 Å². The third-order valence-corrected chi connectivity index (χ3v) is 4.80. The van der Waals surface area contributed by atoms with Crippen LogP contribution in [0, 0.1) is 0 Å². The van der Waals surface area contributed by atoms with Crippen LogP contribution in [-0.2, 0) is 6.54 Å². The normalized spacial score (nSPS) is 16.5. The molecule has 7 nitrogen and oxygen atoms in total. The Morgan fingerprint density at radius 2 is 2.00 bits per heavy atom. The molecule has 1 aliphatic heterocycles. The van der Waals surface area contributed by atoms with E-state index in [1.54, 1.807) is 18.6 Å². The van der Waals surface area contributed by atoms with Gasteiger partial charge in [0, 0.05) is 42.9 Å². The van der Waals surface area contributed by atoms with E-state index in [2.05, 4.69) is 20.3 Å². The fourth-order valence-corrected chi connectivity index (χ4v) is 3.47. The third-order valence-electron chi connectivity index (χ3n) is 4.80. The second kappa shape index (κ2) is 10.4. The van der Waals surface area contributed by atoms with Crippen LogP contribution in [0.15, 0.2) is 49.3 Å². The van der Waals surface area contributed by atoms with Crippen molar-refractivity contribution in [2.75, 3.05) is 13.1 Å². The molecule has 1 amide bonds. The number of fused-ring (bicyclic) bond motifs is 1. The lowest BCUT2D eigenvalue weighted by molar-refractivity contribution is 0.0639. The van der Waals surface area contributed by atoms with Gasteiger partial charge in [0.15, 0.2) is 0 Å². The fraction of sp³-hybridized carbons (Fsp3) is 0.368. The molecule has 0 aromatic carbocycles. The average molecular weight is 423 g/mol. The van der Waals surface area contributed by atoms with Gasteiger partial charge in [0.05, 0.1) is 0 Å². The maximum atomic E-state index is 13.3. The van der Waals surface area contributed by atoms with Gasteiger partial charge in [-0.15, -0.1) is 24.8 Å². The summed E-state index contributed by atoms with van der Waals surface area (Å²) >= 11 is 0. The average Bonchev–Trinajstić information content (AvgIpc) is 2.94. The second-order valence-corrected chi connectivity index (χ2v) is 6.61. The molecule has 1 unspecified atom stereocenters. The Morgan fingerprint density at radius 3 is 2.79 bits per heavy atom. The first-order valence-corrected chi connectivity index (χ1v) is 9.00. The first kappa shape index (κ1) is 22.1. The molecule has 1 saturated heterocycles. The molecule has 28 heavy (non-hydrogen) atoms. The van der Waals surface area contributed by atoms with Crippen molar-refractivity contribution in [2.45, 2.75) is 31.8 Å². The van der Waals surface area contributed by atoms with E-state index in [0.29, 0.717) is 12.2 Å². The van der Waals surface area contributed by atoms with Gasteiger partial charge in [-0.05, 0) is 44.5 Å². The second-order valence-electron chi connectivity index (χ2n) is 6.61. The number of nitrogens with one attached hydrogen (secondary N) is 1. The molecular formula is C19H24Cl2N6O. The number of aromatic nitrogens is 4. The summed E-state index contributed by atoms with van der Waals surface area (Å²) in [4.78, 5) is 27.9. The van der Waals surface area contributed by atoms with Crippen molar-refractivity contribution in [3.8, 4) is 0 Å². The predicted molar refractivity (Wildman–Crippen MR) is 112 cm³/mol. The quantitative estimate of drug-likeness (QED) is 0.699. The zero-order valence-electron chi connectivity index (χ0n) is 15.4. The first-order valence-electron chi connectivity index (χ1n) is 9.00. The number of hydrogen-bond acceptors (Lipinski definition) is 5. The highest BCUT2D eigenvalue weighted by Gasteiger charge is 2.27. The number of imidazole rings is 1. The Kier molecular flexibility index (Phi) is 8.17. The fourth-order valence-electron chi connectivity index (χ4n) is 3.47. The summed E-state index contributed by atoms with van der Waals surface area (Å²) in [5.74, 6) is -0.0375. The van der Waals surface area contributed by atoms with Crippen LogP contribution in [0.3, 0.4) is 0 Å². The molecular weight excluding hydrogens is 399 g/mol. The Labute approximate surface area is 176 Å². The van der Waals surface area contributed by atoms with E-state index in [-0.39, 0.29) is 36.8 Å². The standard InChI is InChI=1S/C19H22N6O.2ClH/c26-19(17-13-24-9-2-1-5-18(24)23-17)25(12-15-10-21-14-22-11-15)16-4-3-7-20-8-6-16;;/h1-2,5,9-11,13-14,16,20H,3-4,6-8,12H2;2*1H. The molecule has 150 valence electrons. The van der Waals surface area contributed by atoms with Gasteiger partial charge in [-0.3, -0.25) is 4.79 Å². The van der Waals surface area contributed by atoms with Gasteiger partial charge in [-0.1, -0.05) is 6.07 Å². The summed E-state index contributed by atoms with van der Waals surface area (Å²) in [6.07, 6.45) is 11.7. The molecule has 3 aromatic rings. The molecule has 0 radical (unpaired) electrons. The SMILES string of the molecule is Cl.Cl.O=C(c1cn2ccccc2n1)N(Cc1cncnc1)C1CCCNCC1. The van der Waals surface area contributed by atoms with Gasteiger partial charge in [0.2, 0.25) is 0 Å². The Morgan fingerprint density at radius 1 is 1.18 bits per heavy atom. The molecule has 0 aliphatic carbocycles. The maximum absolute atomic E-state index is 13.3. The molecule has 1 N–H and O–H groups in total. The van der Waals surface area contributed by atoms with Crippen molar-refractivity contribution >= 4 is 36.4 Å². The van der Waals surface area contributed by atoms with Gasteiger partial charge < -0.3 is 14.6 Å².